The molecule has 0 aromatic heterocycles. The van der Waals surface area contributed by atoms with E-state index < -0.39 is 17.7 Å². The highest BCUT2D eigenvalue weighted by Gasteiger charge is 2.47. The maximum absolute atomic E-state index is 13.5. The smallest absolute Gasteiger partial charge is 0.300 e. The van der Waals surface area contributed by atoms with Crippen molar-refractivity contribution in [2.24, 2.45) is 0 Å². The van der Waals surface area contributed by atoms with Crippen LogP contribution in [0.1, 0.15) is 37.4 Å². The molecule has 38 heavy (non-hydrogen) atoms. The molecule has 1 aliphatic heterocycles. The van der Waals surface area contributed by atoms with Gasteiger partial charge in [0.25, 0.3) is 11.7 Å². The molecule has 4 rings (SSSR count). The summed E-state index contributed by atoms with van der Waals surface area (Å²) in [6.45, 7) is 4.82. The number of aliphatic hydroxyl groups excluding tert-OH is 1. The summed E-state index contributed by atoms with van der Waals surface area (Å²) in [6, 6.07) is 17.9. The van der Waals surface area contributed by atoms with Gasteiger partial charge in [-0.2, -0.15) is 0 Å². The highest BCUT2D eigenvalue weighted by atomic mass is 16.5. The zero-order valence-corrected chi connectivity index (χ0v) is 21.9. The number of hydrogen-bond acceptors (Lipinski definition) is 7. The Morgan fingerprint density at radius 2 is 1.63 bits per heavy atom. The summed E-state index contributed by atoms with van der Waals surface area (Å²) in [5.74, 6) is 0.299. The lowest BCUT2D eigenvalue weighted by Gasteiger charge is -2.26. The van der Waals surface area contributed by atoms with Crippen LogP contribution in [0.2, 0.25) is 0 Å². The monoisotopic (exact) mass is 517 g/mol. The van der Waals surface area contributed by atoms with Gasteiger partial charge in [0.15, 0.2) is 11.5 Å². The minimum Gasteiger partial charge on any atom is -0.507 e. The van der Waals surface area contributed by atoms with Gasteiger partial charge < -0.3 is 24.1 Å². The van der Waals surface area contributed by atoms with E-state index in [0.717, 1.165) is 6.42 Å². The lowest BCUT2D eigenvalue weighted by molar-refractivity contribution is -0.132. The van der Waals surface area contributed by atoms with Gasteiger partial charge in [-0.25, -0.2) is 0 Å². The number of hydrogen-bond donors (Lipinski definition) is 1. The molecule has 0 saturated carbocycles. The fourth-order valence-corrected chi connectivity index (χ4v) is 4.39. The predicted molar refractivity (Wildman–Crippen MR) is 144 cm³/mol. The molecule has 0 spiro atoms. The van der Waals surface area contributed by atoms with Gasteiger partial charge in [-0.3, -0.25) is 14.5 Å². The Morgan fingerprint density at radius 3 is 2.29 bits per heavy atom. The lowest BCUT2D eigenvalue weighted by Crippen LogP contribution is -2.29. The summed E-state index contributed by atoms with van der Waals surface area (Å²) in [5.41, 5.74) is 1.38. The molecule has 1 heterocycles. The van der Waals surface area contributed by atoms with Crippen LogP contribution >= 0.6 is 0 Å². The van der Waals surface area contributed by atoms with Crippen LogP contribution in [0, 0.1) is 0 Å². The number of anilines is 1. The Hall–Kier alpha value is -4.46. The van der Waals surface area contributed by atoms with Gasteiger partial charge in [-0.05, 0) is 67.4 Å². The van der Waals surface area contributed by atoms with Crippen molar-refractivity contribution < 1.29 is 33.6 Å². The third kappa shape index (κ3) is 5.16. The van der Waals surface area contributed by atoms with Gasteiger partial charge in [0, 0.05) is 17.3 Å². The van der Waals surface area contributed by atoms with Gasteiger partial charge in [-0.15, -0.1) is 0 Å². The first-order valence-corrected chi connectivity index (χ1v) is 12.4. The standard InChI is InChI=1S/C30H31NO7/c1-5-16-38-22-13-10-19(11-14-22)28(32)26-27(20-12-15-24(36-4)25(17-20)37-6-2)31(30(34)29(26)33)21-8-7-9-23(18-21)35-3/h7-15,17-18,27,32H,5-6,16H2,1-4H3/b28-26-. The first-order chi connectivity index (χ1) is 18.4. The van der Waals surface area contributed by atoms with Crippen molar-refractivity contribution in [3.05, 3.63) is 83.4 Å². The fraction of sp³-hybridized carbons (Fsp3) is 0.267. The summed E-state index contributed by atoms with van der Waals surface area (Å²) in [5, 5.41) is 11.4. The van der Waals surface area contributed by atoms with Crippen LogP contribution in [-0.4, -0.2) is 44.2 Å². The normalized spacial score (nSPS) is 16.4. The summed E-state index contributed by atoms with van der Waals surface area (Å²) in [7, 11) is 3.06. The second kappa shape index (κ2) is 11.7. The van der Waals surface area contributed by atoms with E-state index in [0.29, 0.717) is 53.0 Å². The molecule has 8 heteroatoms. The Balaban J connectivity index is 1.89. The van der Waals surface area contributed by atoms with E-state index >= 15 is 0 Å². The third-order valence-electron chi connectivity index (χ3n) is 6.18. The molecule has 0 radical (unpaired) electrons. The Labute approximate surface area is 222 Å². The Kier molecular flexibility index (Phi) is 8.21. The zero-order chi connectivity index (χ0) is 27.2. The van der Waals surface area contributed by atoms with E-state index in [9.17, 15) is 14.7 Å². The Bertz CT molecular complexity index is 1350. The van der Waals surface area contributed by atoms with Crippen LogP contribution in [0.3, 0.4) is 0 Å². The second-order valence-electron chi connectivity index (χ2n) is 8.59. The number of ketones is 1. The van der Waals surface area contributed by atoms with E-state index in [1.807, 2.05) is 13.8 Å². The van der Waals surface area contributed by atoms with Crippen molar-refractivity contribution >= 4 is 23.1 Å². The highest BCUT2D eigenvalue weighted by molar-refractivity contribution is 6.51. The lowest BCUT2D eigenvalue weighted by atomic mass is 9.94. The van der Waals surface area contributed by atoms with E-state index in [4.69, 9.17) is 18.9 Å². The quantitative estimate of drug-likeness (QED) is 0.215. The minimum atomic E-state index is -0.928. The SMILES string of the molecule is CCCOc1ccc(/C(O)=C2/C(=O)C(=O)N(c3cccc(OC)c3)C2c2ccc(OC)c(OCC)c2)cc1. The van der Waals surface area contributed by atoms with Gasteiger partial charge in [0.05, 0.1) is 39.0 Å². The molecule has 8 nitrogen and oxygen atoms in total. The maximum atomic E-state index is 13.5. The average Bonchev–Trinajstić information content (AvgIpc) is 3.21. The number of nitrogens with zero attached hydrogens (tertiary/aromatic N) is 1. The zero-order valence-electron chi connectivity index (χ0n) is 21.9. The number of Topliss-reactive ketones (excluding diaryl/α,β-unsaturated/α-hetero) is 1. The van der Waals surface area contributed by atoms with Gasteiger partial charge >= 0.3 is 0 Å². The van der Waals surface area contributed by atoms with E-state index in [2.05, 4.69) is 0 Å². The van der Waals surface area contributed by atoms with Gasteiger partial charge in [-0.1, -0.05) is 19.1 Å². The van der Waals surface area contributed by atoms with Crippen LogP contribution in [0.4, 0.5) is 5.69 Å². The number of amides is 1. The van der Waals surface area contributed by atoms with Crippen molar-refractivity contribution in [2.45, 2.75) is 26.3 Å². The van der Waals surface area contributed by atoms with Crippen LogP contribution in [0.25, 0.3) is 5.76 Å². The maximum Gasteiger partial charge on any atom is 0.300 e. The molecule has 1 fully saturated rings. The number of benzene rings is 3. The molecular formula is C30H31NO7. The molecular weight excluding hydrogens is 486 g/mol. The molecule has 0 aliphatic carbocycles. The number of carbonyl (C=O) groups excluding carboxylic acids is 2. The third-order valence-corrected chi connectivity index (χ3v) is 6.18. The largest absolute Gasteiger partial charge is 0.507 e. The second-order valence-corrected chi connectivity index (χ2v) is 8.59. The van der Waals surface area contributed by atoms with Crippen molar-refractivity contribution in [2.75, 3.05) is 32.3 Å². The fourth-order valence-electron chi connectivity index (χ4n) is 4.39. The van der Waals surface area contributed by atoms with Crippen LogP contribution in [-0.2, 0) is 9.59 Å². The Morgan fingerprint density at radius 1 is 0.868 bits per heavy atom. The van der Waals surface area contributed by atoms with E-state index in [1.165, 1.54) is 19.1 Å². The molecule has 0 bridgehead atoms. The molecule has 1 unspecified atom stereocenters. The van der Waals surface area contributed by atoms with Crippen LogP contribution in [0.15, 0.2) is 72.3 Å². The van der Waals surface area contributed by atoms with E-state index in [1.54, 1.807) is 66.7 Å². The highest BCUT2D eigenvalue weighted by Crippen LogP contribution is 2.44. The number of carbonyl (C=O) groups is 2. The molecule has 3 aromatic rings. The molecule has 1 atom stereocenters. The number of aliphatic hydroxyl groups is 1. The molecule has 3 aromatic carbocycles. The first kappa shape index (κ1) is 26.6. The summed E-state index contributed by atoms with van der Waals surface area (Å²) in [4.78, 5) is 28.3. The van der Waals surface area contributed by atoms with Crippen LogP contribution in [0.5, 0.6) is 23.0 Å². The van der Waals surface area contributed by atoms with Crippen molar-refractivity contribution in [3.63, 3.8) is 0 Å². The van der Waals surface area contributed by atoms with Crippen molar-refractivity contribution in [1.29, 1.82) is 0 Å². The molecule has 1 saturated heterocycles. The van der Waals surface area contributed by atoms with Crippen LogP contribution < -0.4 is 23.8 Å². The van der Waals surface area contributed by atoms with E-state index in [-0.39, 0.29) is 11.3 Å². The van der Waals surface area contributed by atoms with Crippen molar-refractivity contribution in [3.8, 4) is 23.0 Å². The van der Waals surface area contributed by atoms with Crippen molar-refractivity contribution in [1.82, 2.24) is 0 Å². The summed E-state index contributed by atoms with van der Waals surface area (Å²) < 4.78 is 22.2. The van der Waals surface area contributed by atoms with Gasteiger partial charge in [0.1, 0.15) is 17.3 Å². The molecule has 198 valence electrons. The number of rotatable bonds is 10. The summed E-state index contributed by atoms with van der Waals surface area (Å²) in [6.07, 6.45) is 0.862. The predicted octanol–water partition coefficient (Wildman–Crippen LogP) is 5.52. The minimum absolute atomic E-state index is 0.0346. The average molecular weight is 518 g/mol. The molecule has 1 amide bonds. The van der Waals surface area contributed by atoms with Gasteiger partial charge in [0.2, 0.25) is 0 Å². The molecule has 1 aliphatic rings. The number of methoxy groups -OCH3 is 2. The first-order valence-electron chi connectivity index (χ1n) is 12.4. The topological polar surface area (TPSA) is 94.5 Å². The summed E-state index contributed by atoms with van der Waals surface area (Å²) >= 11 is 0. The number of ether oxygens (including phenoxy) is 4. The molecule has 1 N–H and O–H groups in total.